The third-order valence-corrected chi connectivity index (χ3v) is 8.70. The molecular formula is C29H32N2O3S. The second kappa shape index (κ2) is 9.96. The van der Waals surface area contributed by atoms with Crippen molar-refractivity contribution in [3.05, 3.63) is 94.5 Å². The molecule has 1 aliphatic heterocycles. The van der Waals surface area contributed by atoms with Crippen LogP contribution >= 0.6 is 0 Å². The first-order valence-electron chi connectivity index (χ1n) is 12.5. The number of carbonyl (C=O) groups excluding carboxylic acids is 1. The summed E-state index contributed by atoms with van der Waals surface area (Å²) >= 11 is 0. The molecule has 5 rings (SSSR count). The highest BCUT2D eigenvalue weighted by atomic mass is 32.2. The van der Waals surface area contributed by atoms with Gasteiger partial charge in [-0.2, -0.15) is 0 Å². The molecule has 35 heavy (non-hydrogen) atoms. The fourth-order valence-electron chi connectivity index (χ4n) is 5.33. The Morgan fingerprint density at radius 3 is 2.49 bits per heavy atom. The molecule has 0 atom stereocenters. The fourth-order valence-corrected chi connectivity index (χ4v) is 6.34. The molecule has 3 aromatic rings. The van der Waals surface area contributed by atoms with Crippen LogP contribution in [0.1, 0.15) is 70.6 Å². The second-order valence-electron chi connectivity index (χ2n) is 9.77. The van der Waals surface area contributed by atoms with Crippen molar-refractivity contribution >= 4 is 21.6 Å². The van der Waals surface area contributed by atoms with Gasteiger partial charge in [-0.1, -0.05) is 61.2 Å². The zero-order valence-corrected chi connectivity index (χ0v) is 21.0. The summed E-state index contributed by atoms with van der Waals surface area (Å²) < 4.78 is 28.5. The minimum Gasteiger partial charge on any atom is -0.308 e. The summed E-state index contributed by atoms with van der Waals surface area (Å²) in [6.45, 7) is 2.82. The number of fused-ring (bicyclic) bond motifs is 1. The number of carbonyl (C=O) groups is 1. The molecule has 0 unspecified atom stereocenters. The Morgan fingerprint density at radius 1 is 0.971 bits per heavy atom. The van der Waals surface area contributed by atoms with E-state index in [2.05, 4.69) is 4.72 Å². The Kier molecular flexibility index (Phi) is 6.76. The summed E-state index contributed by atoms with van der Waals surface area (Å²) in [7, 11) is -3.60. The van der Waals surface area contributed by atoms with E-state index in [9.17, 15) is 13.2 Å². The first-order valence-corrected chi connectivity index (χ1v) is 14.0. The molecule has 2 aliphatic rings. The molecule has 3 aromatic carbocycles. The summed E-state index contributed by atoms with van der Waals surface area (Å²) in [5, 5.41) is 0. The van der Waals surface area contributed by atoms with E-state index in [1.807, 2.05) is 66.4 Å². The van der Waals surface area contributed by atoms with Gasteiger partial charge in [0.1, 0.15) is 0 Å². The Bertz CT molecular complexity index is 1330. The normalized spacial score (nSPS) is 16.3. The summed E-state index contributed by atoms with van der Waals surface area (Å²) in [4.78, 5) is 15.1. The van der Waals surface area contributed by atoms with Crippen molar-refractivity contribution in [1.29, 1.82) is 0 Å². The van der Waals surface area contributed by atoms with Crippen LogP contribution in [0.4, 0.5) is 5.69 Å². The molecule has 1 amide bonds. The Morgan fingerprint density at radius 2 is 1.74 bits per heavy atom. The van der Waals surface area contributed by atoms with E-state index in [1.54, 1.807) is 12.1 Å². The molecule has 0 aromatic heterocycles. The van der Waals surface area contributed by atoms with Crippen LogP contribution in [0.2, 0.25) is 0 Å². The molecule has 0 saturated heterocycles. The maximum atomic E-state index is 13.0. The van der Waals surface area contributed by atoms with Crippen molar-refractivity contribution in [2.24, 2.45) is 0 Å². The van der Waals surface area contributed by atoms with Crippen LogP contribution in [0.25, 0.3) is 0 Å². The molecule has 0 bridgehead atoms. The van der Waals surface area contributed by atoms with Crippen LogP contribution in [0.5, 0.6) is 0 Å². The van der Waals surface area contributed by atoms with Crippen LogP contribution in [0.15, 0.2) is 71.6 Å². The van der Waals surface area contributed by atoms with E-state index >= 15 is 0 Å². The molecule has 1 fully saturated rings. The first-order chi connectivity index (χ1) is 16.9. The summed E-state index contributed by atoms with van der Waals surface area (Å²) in [6, 6.07) is 20.9. The van der Waals surface area contributed by atoms with Crippen LogP contribution in [0, 0.1) is 6.92 Å². The van der Waals surface area contributed by atoms with Gasteiger partial charge in [-0.15, -0.1) is 0 Å². The molecule has 182 valence electrons. The fraction of sp³-hybridized carbons (Fsp3) is 0.345. The summed E-state index contributed by atoms with van der Waals surface area (Å²) in [5.74, 6) is 0.551. The molecular weight excluding hydrogens is 456 g/mol. The van der Waals surface area contributed by atoms with Crippen LogP contribution in [-0.4, -0.2) is 20.9 Å². The number of nitrogens with one attached hydrogen (secondary N) is 1. The van der Waals surface area contributed by atoms with E-state index in [4.69, 9.17) is 0 Å². The Balaban J connectivity index is 1.25. The minimum atomic E-state index is -3.60. The lowest BCUT2D eigenvalue weighted by Gasteiger charge is -2.22. The Labute approximate surface area is 208 Å². The highest BCUT2D eigenvalue weighted by Crippen LogP contribution is 2.33. The molecule has 6 heteroatoms. The summed E-state index contributed by atoms with van der Waals surface area (Å²) in [6.07, 6.45) is 6.95. The number of hydrogen-bond donors (Lipinski definition) is 1. The number of anilines is 1. The first kappa shape index (κ1) is 23.8. The van der Waals surface area contributed by atoms with Crippen LogP contribution in [0.3, 0.4) is 0 Å². The van der Waals surface area contributed by atoms with Gasteiger partial charge in [-0.25, -0.2) is 13.1 Å². The maximum absolute atomic E-state index is 13.0. The third kappa shape index (κ3) is 5.19. The minimum absolute atomic E-state index is 0.00224. The predicted molar refractivity (Wildman–Crippen MR) is 139 cm³/mol. The molecule has 0 radical (unpaired) electrons. The van der Waals surface area contributed by atoms with E-state index < -0.39 is 10.0 Å². The Hall–Kier alpha value is -2.96. The van der Waals surface area contributed by atoms with Crippen molar-refractivity contribution in [2.75, 3.05) is 11.4 Å². The maximum Gasteiger partial charge on any atom is 0.258 e. The van der Waals surface area contributed by atoms with Crippen molar-refractivity contribution in [3.63, 3.8) is 0 Å². The molecule has 1 heterocycles. The second-order valence-corrected chi connectivity index (χ2v) is 11.5. The van der Waals surface area contributed by atoms with Gasteiger partial charge in [-0.05, 0) is 79.1 Å². The lowest BCUT2D eigenvalue weighted by molar-refractivity contribution is 0.0989. The van der Waals surface area contributed by atoms with Gasteiger partial charge in [0.25, 0.3) is 5.91 Å². The number of amides is 1. The van der Waals surface area contributed by atoms with E-state index in [0.29, 0.717) is 22.9 Å². The smallest absolute Gasteiger partial charge is 0.258 e. The van der Waals surface area contributed by atoms with Gasteiger partial charge in [0.05, 0.1) is 4.90 Å². The molecule has 1 N–H and O–H groups in total. The number of benzene rings is 3. The average molecular weight is 489 g/mol. The highest BCUT2D eigenvalue weighted by molar-refractivity contribution is 7.89. The van der Waals surface area contributed by atoms with Crippen LogP contribution in [-0.2, 0) is 23.0 Å². The van der Waals surface area contributed by atoms with Crippen molar-refractivity contribution in [3.8, 4) is 0 Å². The zero-order valence-electron chi connectivity index (χ0n) is 20.2. The largest absolute Gasteiger partial charge is 0.308 e. The molecule has 5 nitrogen and oxygen atoms in total. The standard InChI is InChI=1S/C29H32N2O3S/c1-21-6-5-9-26(18-21)29(32)31-17-16-25-19-22(10-15-28(25)31)20-30-35(33,34)27-13-11-24(12-14-27)23-7-3-2-4-8-23/h5-6,9-15,18-19,23,30H,2-4,7-8,16-17,20H2,1H3. The monoisotopic (exact) mass is 488 g/mol. The lowest BCUT2D eigenvalue weighted by Crippen LogP contribution is -2.28. The number of sulfonamides is 1. The van der Waals surface area contributed by atoms with Gasteiger partial charge in [-0.3, -0.25) is 4.79 Å². The highest BCUT2D eigenvalue weighted by Gasteiger charge is 2.26. The van der Waals surface area contributed by atoms with Gasteiger partial charge in [0.2, 0.25) is 10.0 Å². The molecule has 0 spiro atoms. The van der Waals surface area contributed by atoms with Gasteiger partial charge in [0, 0.05) is 24.3 Å². The third-order valence-electron chi connectivity index (χ3n) is 7.28. The van der Waals surface area contributed by atoms with E-state index in [0.717, 1.165) is 28.8 Å². The lowest BCUT2D eigenvalue weighted by atomic mass is 9.84. The summed E-state index contributed by atoms with van der Waals surface area (Å²) in [5.41, 5.74) is 5.84. The number of nitrogens with zero attached hydrogens (tertiary/aromatic N) is 1. The predicted octanol–water partition coefficient (Wildman–Crippen LogP) is 5.72. The zero-order chi connectivity index (χ0) is 24.4. The number of aryl methyl sites for hydroxylation is 1. The SMILES string of the molecule is Cc1cccc(C(=O)N2CCc3cc(CNS(=O)(=O)c4ccc(C5CCCCC5)cc4)ccc32)c1. The topological polar surface area (TPSA) is 66.5 Å². The molecule has 1 saturated carbocycles. The van der Waals surface area contributed by atoms with Gasteiger partial charge in [0.15, 0.2) is 0 Å². The van der Waals surface area contributed by atoms with Gasteiger partial charge >= 0.3 is 0 Å². The van der Waals surface area contributed by atoms with Crippen molar-refractivity contribution in [1.82, 2.24) is 4.72 Å². The van der Waals surface area contributed by atoms with Crippen molar-refractivity contribution in [2.45, 2.75) is 62.8 Å². The quantitative estimate of drug-likeness (QED) is 0.482. The average Bonchev–Trinajstić information content (AvgIpc) is 3.31. The molecule has 1 aliphatic carbocycles. The number of hydrogen-bond acceptors (Lipinski definition) is 3. The van der Waals surface area contributed by atoms with E-state index in [-0.39, 0.29) is 12.5 Å². The van der Waals surface area contributed by atoms with E-state index in [1.165, 1.54) is 37.7 Å². The van der Waals surface area contributed by atoms with Crippen LogP contribution < -0.4 is 9.62 Å². The number of rotatable bonds is 6. The van der Waals surface area contributed by atoms with Crippen molar-refractivity contribution < 1.29 is 13.2 Å². The van der Waals surface area contributed by atoms with Gasteiger partial charge < -0.3 is 4.90 Å².